The first kappa shape index (κ1) is 34.1. The zero-order chi connectivity index (χ0) is 19.8. The molecule has 0 saturated heterocycles. The SMILES string of the molecule is COC(=O)C/C=C(\C)CC(=O)O.COC(=O)C/C=C/C(C)CC(=O)O.[Y].[Y]. The van der Waals surface area contributed by atoms with Crippen molar-refractivity contribution in [2.75, 3.05) is 14.2 Å². The Balaban J connectivity index is -0.000000183. The zero-order valence-corrected chi connectivity index (χ0v) is 21.8. The van der Waals surface area contributed by atoms with Crippen LogP contribution in [-0.4, -0.2) is 48.3 Å². The third-order valence-electron chi connectivity index (χ3n) is 2.75. The molecule has 0 bridgehead atoms. The van der Waals surface area contributed by atoms with Crippen LogP contribution in [0.4, 0.5) is 0 Å². The van der Waals surface area contributed by atoms with Gasteiger partial charge in [0.05, 0.1) is 39.9 Å². The number of esters is 2. The van der Waals surface area contributed by atoms with Crippen molar-refractivity contribution in [2.45, 2.75) is 39.5 Å². The maximum Gasteiger partial charge on any atom is 0.309 e. The van der Waals surface area contributed by atoms with Gasteiger partial charge in [-0.3, -0.25) is 19.2 Å². The van der Waals surface area contributed by atoms with Gasteiger partial charge in [-0.05, 0) is 12.8 Å². The number of hydrogen-bond acceptors (Lipinski definition) is 6. The van der Waals surface area contributed by atoms with E-state index in [0.29, 0.717) is 5.57 Å². The van der Waals surface area contributed by atoms with Gasteiger partial charge >= 0.3 is 23.9 Å². The van der Waals surface area contributed by atoms with E-state index in [1.54, 1.807) is 32.1 Å². The molecule has 1 atom stereocenters. The van der Waals surface area contributed by atoms with Crippen molar-refractivity contribution in [1.82, 2.24) is 0 Å². The van der Waals surface area contributed by atoms with E-state index in [1.165, 1.54) is 14.2 Å². The van der Waals surface area contributed by atoms with Gasteiger partial charge in [-0.1, -0.05) is 30.7 Å². The first-order valence-corrected chi connectivity index (χ1v) is 7.51. The summed E-state index contributed by atoms with van der Waals surface area (Å²) < 4.78 is 8.78. The number of methoxy groups -OCH3 is 2. The van der Waals surface area contributed by atoms with Gasteiger partial charge in [-0.15, -0.1) is 0 Å². The van der Waals surface area contributed by atoms with Crippen molar-refractivity contribution < 1.29 is 104 Å². The number of carboxylic acid groups (broad SMARTS) is 2. The van der Waals surface area contributed by atoms with Gasteiger partial charge in [0.25, 0.3) is 0 Å². The van der Waals surface area contributed by atoms with Crippen molar-refractivity contribution in [2.24, 2.45) is 5.92 Å². The second-order valence-corrected chi connectivity index (χ2v) is 5.18. The van der Waals surface area contributed by atoms with E-state index in [2.05, 4.69) is 9.47 Å². The van der Waals surface area contributed by atoms with Gasteiger partial charge in [0.2, 0.25) is 0 Å². The normalized spacial score (nSPS) is 11.0. The molecule has 2 radical (unpaired) electrons. The Kier molecular flexibility index (Phi) is 27.6. The van der Waals surface area contributed by atoms with Crippen LogP contribution >= 0.6 is 0 Å². The summed E-state index contributed by atoms with van der Waals surface area (Å²) in [6.45, 7) is 3.44. The van der Waals surface area contributed by atoms with Crippen molar-refractivity contribution in [3.63, 3.8) is 0 Å². The number of ether oxygens (including phenoxy) is 2. The van der Waals surface area contributed by atoms with Crippen LogP contribution in [0.1, 0.15) is 39.5 Å². The molecule has 148 valence electrons. The van der Waals surface area contributed by atoms with Crippen LogP contribution in [0.3, 0.4) is 0 Å². The Morgan fingerprint density at radius 3 is 1.81 bits per heavy atom. The minimum absolute atomic E-state index is 0. The Morgan fingerprint density at radius 2 is 1.41 bits per heavy atom. The van der Waals surface area contributed by atoms with E-state index >= 15 is 0 Å². The van der Waals surface area contributed by atoms with E-state index in [1.807, 2.05) is 0 Å². The van der Waals surface area contributed by atoms with Crippen molar-refractivity contribution in [3.8, 4) is 0 Å². The molecule has 10 heteroatoms. The number of rotatable bonds is 9. The van der Waals surface area contributed by atoms with Gasteiger partial charge in [-0.25, -0.2) is 0 Å². The monoisotopic (exact) mass is 536 g/mol. The average molecular weight is 536 g/mol. The smallest absolute Gasteiger partial charge is 0.309 e. The number of aliphatic carboxylic acids is 2. The summed E-state index contributed by atoms with van der Waals surface area (Å²) >= 11 is 0. The first-order chi connectivity index (χ1) is 11.6. The molecule has 8 nitrogen and oxygen atoms in total. The number of carboxylic acids is 2. The third-order valence-corrected chi connectivity index (χ3v) is 2.75. The molecule has 0 aliphatic heterocycles. The molecule has 0 spiro atoms. The summed E-state index contributed by atoms with van der Waals surface area (Å²) in [5.41, 5.74) is 0.660. The molecule has 2 N–H and O–H groups in total. The molecule has 1 unspecified atom stereocenters. The van der Waals surface area contributed by atoms with E-state index in [0.717, 1.165) is 0 Å². The Labute approximate surface area is 209 Å². The third kappa shape index (κ3) is 27.9. The van der Waals surface area contributed by atoms with Crippen LogP contribution in [0.5, 0.6) is 0 Å². The van der Waals surface area contributed by atoms with Crippen molar-refractivity contribution in [3.05, 3.63) is 23.8 Å². The van der Waals surface area contributed by atoms with E-state index in [4.69, 9.17) is 10.2 Å². The molecule has 0 aromatic heterocycles. The topological polar surface area (TPSA) is 127 Å². The quantitative estimate of drug-likeness (QED) is 0.339. The second-order valence-electron chi connectivity index (χ2n) is 5.18. The fourth-order valence-electron chi connectivity index (χ4n) is 1.47. The van der Waals surface area contributed by atoms with Gasteiger partial charge in [0, 0.05) is 65.4 Å². The van der Waals surface area contributed by atoms with E-state index in [9.17, 15) is 19.2 Å². The molecule has 0 aliphatic rings. The predicted molar refractivity (Wildman–Crippen MR) is 89.8 cm³/mol. The van der Waals surface area contributed by atoms with Gasteiger partial charge in [-0.2, -0.15) is 0 Å². The molecular formula is C17H26O8Y2. The fourth-order valence-corrected chi connectivity index (χ4v) is 1.47. The van der Waals surface area contributed by atoms with Crippen molar-refractivity contribution >= 4 is 23.9 Å². The minimum Gasteiger partial charge on any atom is -0.481 e. The van der Waals surface area contributed by atoms with Crippen LogP contribution in [0, 0.1) is 5.92 Å². The summed E-state index contributed by atoms with van der Waals surface area (Å²) in [5, 5.41) is 16.8. The minimum atomic E-state index is -0.895. The predicted octanol–water partition coefficient (Wildman–Crippen LogP) is 2.18. The number of carbonyl (C=O) groups excluding carboxylic acids is 2. The Hall–Kier alpha value is -0.432. The summed E-state index contributed by atoms with van der Waals surface area (Å²) in [7, 11) is 2.61. The van der Waals surface area contributed by atoms with Crippen LogP contribution in [0.25, 0.3) is 0 Å². The Morgan fingerprint density at radius 1 is 0.926 bits per heavy atom. The van der Waals surface area contributed by atoms with Crippen LogP contribution in [0.2, 0.25) is 0 Å². The van der Waals surface area contributed by atoms with Gasteiger partial charge in [0.1, 0.15) is 0 Å². The zero-order valence-electron chi connectivity index (χ0n) is 16.1. The first-order valence-electron chi connectivity index (χ1n) is 7.51. The standard InChI is InChI=1S/C9H14O4.C8H12O4.2Y/c1-7(6-8(10)11)4-3-5-9(12)13-2;1-6(5-7(9)10)3-4-8(11)12-2;;/h3-4,7H,5-6H2,1-2H3,(H,10,11);3H,4-5H2,1-2H3,(H,9,10);;/b4-3+;6-3+;;. The Bertz CT molecular complexity index is 515. The van der Waals surface area contributed by atoms with Crippen LogP contribution < -0.4 is 0 Å². The summed E-state index contributed by atoms with van der Waals surface area (Å²) in [5.74, 6) is -2.47. The number of carbonyl (C=O) groups is 4. The molecule has 0 aliphatic carbocycles. The second kappa shape index (κ2) is 21.9. The van der Waals surface area contributed by atoms with E-state index in [-0.39, 0.29) is 109 Å². The van der Waals surface area contributed by atoms with Gasteiger partial charge < -0.3 is 19.7 Å². The summed E-state index contributed by atoms with van der Waals surface area (Å²) in [6, 6.07) is 0. The molecule has 0 aromatic rings. The molecule has 0 saturated carbocycles. The number of allylic oxidation sites excluding steroid dienone is 1. The molecule has 0 amide bonds. The average Bonchev–Trinajstić information content (AvgIpc) is 2.51. The van der Waals surface area contributed by atoms with Crippen molar-refractivity contribution in [1.29, 1.82) is 0 Å². The van der Waals surface area contributed by atoms with E-state index < -0.39 is 11.9 Å². The fraction of sp³-hybridized carbons (Fsp3) is 0.529. The van der Waals surface area contributed by atoms with Crippen LogP contribution in [-0.2, 0) is 94.1 Å². The summed E-state index contributed by atoms with van der Waals surface area (Å²) in [6.07, 6.45) is 5.26. The maximum atomic E-state index is 10.6. The molecule has 0 rings (SSSR count). The molecule has 0 aromatic carbocycles. The van der Waals surface area contributed by atoms with Crippen LogP contribution in [0.15, 0.2) is 23.8 Å². The summed E-state index contributed by atoms with van der Waals surface area (Å²) in [4.78, 5) is 41.6. The molecule has 0 heterocycles. The largest absolute Gasteiger partial charge is 0.481 e. The number of hydrogen-bond donors (Lipinski definition) is 2. The molecule has 0 fully saturated rings. The molecular weight excluding hydrogens is 510 g/mol. The molecule has 27 heavy (non-hydrogen) atoms. The maximum absolute atomic E-state index is 10.6. The van der Waals surface area contributed by atoms with Gasteiger partial charge in [0.15, 0.2) is 0 Å².